The van der Waals surface area contributed by atoms with Crippen LogP contribution in [0.15, 0.2) is 36.4 Å². The van der Waals surface area contributed by atoms with Gasteiger partial charge in [-0.2, -0.15) is 26.3 Å². The largest absolute Gasteiger partial charge is 0.444 e. The molecule has 0 saturated carbocycles. The first-order valence-corrected chi connectivity index (χ1v) is 18.6. The first-order valence-electron chi connectivity index (χ1n) is 17.6. The number of ketones is 1. The number of alkyl carbamates (subject to hydrolysis) is 1. The molecule has 2 aliphatic heterocycles. The standard InChI is InChI=1S/C17H21F4NO3.C10H17NO3.C7H3F4I.C4H8O/c1-10(22-15(24)25-16(2,3)4)5-8-14(23)12-7-6-11(18)9-13(12)17(19,20)21;1-7-5-6-8(12)11(7)9(13)14-10(2,3)4;8-4-1-2-6(12)5(3-4)7(9,10)11;1-2-4-5-3-1/h6-7,9-10H,5,8H2,1-4H3,(H,22,24);7H,5-6H2,1-4H3;1-3H;1-4H2. The fourth-order valence-corrected chi connectivity index (χ4v) is 5.34. The highest BCUT2D eigenvalue weighted by Crippen LogP contribution is 2.34. The Kier molecular flexibility index (Phi) is 19.7. The Hall–Kier alpha value is -3.55. The van der Waals surface area contributed by atoms with E-state index >= 15 is 0 Å². The van der Waals surface area contributed by atoms with Gasteiger partial charge in [-0.25, -0.2) is 23.3 Å². The van der Waals surface area contributed by atoms with Crippen molar-refractivity contribution in [1.82, 2.24) is 10.2 Å². The fourth-order valence-electron chi connectivity index (χ4n) is 4.70. The van der Waals surface area contributed by atoms with Crippen molar-refractivity contribution >= 4 is 46.5 Å². The highest BCUT2D eigenvalue weighted by atomic mass is 127. The normalized spacial score (nSPS) is 16.3. The molecule has 18 heteroatoms. The lowest BCUT2D eigenvalue weighted by molar-refractivity contribution is -0.139. The molecule has 2 unspecified atom stereocenters. The van der Waals surface area contributed by atoms with Crippen molar-refractivity contribution in [3.05, 3.63) is 68.3 Å². The monoisotopic (exact) mass is 924 g/mol. The zero-order valence-electron chi connectivity index (χ0n) is 32.5. The highest BCUT2D eigenvalue weighted by Gasteiger charge is 2.37. The number of halogens is 9. The molecule has 316 valence electrons. The van der Waals surface area contributed by atoms with E-state index in [1.54, 1.807) is 48.5 Å². The minimum atomic E-state index is -4.83. The maximum Gasteiger partial charge on any atom is 0.417 e. The second-order valence-electron chi connectivity index (χ2n) is 14.8. The van der Waals surface area contributed by atoms with Crippen LogP contribution in [-0.4, -0.2) is 65.3 Å². The molecule has 2 heterocycles. The molecule has 3 amide bonds. The number of likely N-dealkylation sites (tertiary alicyclic amines) is 1. The molecular formula is C38H49F8IN2O7. The number of alkyl halides is 6. The van der Waals surface area contributed by atoms with Gasteiger partial charge in [0.2, 0.25) is 5.91 Å². The van der Waals surface area contributed by atoms with Crippen LogP contribution in [0.5, 0.6) is 0 Å². The summed E-state index contributed by atoms with van der Waals surface area (Å²) in [6.45, 7) is 15.9. The molecule has 0 radical (unpaired) electrons. The summed E-state index contributed by atoms with van der Waals surface area (Å²) in [5.74, 6) is -2.84. The number of amides is 3. The Bertz CT molecular complexity index is 1610. The van der Waals surface area contributed by atoms with E-state index < -0.39 is 75.9 Å². The highest BCUT2D eigenvalue weighted by molar-refractivity contribution is 14.1. The van der Waals surface area contributed by atoms with Crippen molar-refractivity contribution in [3.8, 4) is 0 Å². The van der Waals surface area contributed by atoms with Gasteiger partial charge in [-0.05, 0) is 140 Å². The fraction of sp³-hybridized carbons (Fsp3) is 0.579. The van der Waals surface area contributed by atoms with Gasteiger partial charge in [-0.15, -0.1) is 0 Å². The molecule has 2 aliphatic rings. The quantitative estimate of drug-likeness (QED) is 0.181. The molecule has 1 N–H and O–H groups in total. The van der Waals surface area contributed by atoms with Gasteiger partial charge in [0, 0.05) is 47.3 Å². The van der Waals surface area contributed by atoms with E-state index in [0.29, 0.717) is 18.6 Å². The van der Waals surface area contributed by atoms with E-state index in [2.05, 4.69) is 5.32 Å². The van der Waals surface area contributed by atoms with Gasteiger partial charge in [0.15, 0.2) is 5.78 Å². The average molecular weight is 925 g/mol. The predicted octanol–water partition coefficient (Wildman–Crippen LogP) is 10.9. The third-order valence-electron chi connectivity index (χ3n) is 7.29. The zero-order chi connectivity index (χ0) is 43.2. The molecule has 2 fully saturated rings. The number of Topliss-reactive ketones (excluding diaryl/α,β-unsaturated/α-hetero) is 1. The summed E-state index contributed by atoms with van der Waals surface area (Å²) in [5.41, 5.74) is -4.04. The third kappa shape index (κ3) is 19.5. The maximum atomic E-state index is 13.1. The molecular weight excluding hydrogens is 875 g/mol. The molecule has 0 bridgehead atoms. The van der Waals surface area contributed by atoms with E-state index in [-0.39, 0.29) is 28.4 Å². The molecule has 4 rings (SSSR count). The lowest BCUT2D eigenvalue weighted by atomic mass is 9.98. The molecule has 2 saturated heterocycles. The van der Waals surface area contributed by atoms with E-state index in [9.17, 15) is 54.3 Å². The van der Waals surface area contributed by atoms with E-state index in [1.807, 2.05) is 6.92 Å². The van der Waals surface area contributed by atoms with Crippen LogP contribution < -0.4 is 5.32 Å². The number of nitrogens with zero attached hydrogens (tertiary/aromatic N) is 1. The van der Waals surface area contributed by atoms with Gasteiger partial charge >= 0.3 is 24.5 Å². The van der Waals surface area contributed by atoms with Crippen molar-refractivity contribution in [2.45, 2.75) is 130 Å². The number of ether oxygens (including phenoxy) is 3. The Morgan fingerprint density at radius 3 is 1.77 bits per heavy atom. The van der Waals surface area contributed by atoms with Crippen LogP contribution in [0.25, 0.3) is 0 Å². The van der Waals surface area contributed by atoms with Crippen molar-refractivity contribution in [2.24, 2.45) is 0 Å². The van der Waals surface area contributed by atoms with Crippen LogP contribution >= 0.6 is 22.6 Å². The summed E-state index contributed by atoms with van der Waals surface area (Å²) >= 11 is 1.52. The van der Waals surface area contributed by atoms with Crippen molar-refractivity contribution in [1.29, 1.82) is 0 Å². The SMILES string of the molecule is C1CCOC1.CC(CCC(=O)c1ccc(F)cc1C(F)(F)F)NC(=O)OC(C)(C)C.CC1CCC(=O)N1C(=O)OC(C)(C)C.Fc1ccc(I)c(C(F)(F)F)c1. The number of hydrogen-bond acceptors (Lipinski definition) is 7. The minimum Gasteiger partial charge on any atom is -0.444 e. The zero-order valence-corrected chi connectivity index (χ0v) is 34.6. The maximum absolute atomic E-state index is 13.1. The van der Waals surface area contributed by atoms with Crippen LogP contribution in [0.3, 0.4) is 0 Å². The summed E-state index contributed by atoms with van der Waals surface area (Å²) in [6.07, 6.45) is -6.87. The lowest BCUT2D eigenvalue weighted by Crippen LogP contribution is -2.41. The third-order valence-corrected chi connectivity index (χ3v) is 8.23. The number of carbonyl (C=O) groups excluding carboxylic acids is 4. The predicted molar refractivity (Wildman–Crippen MR) is 200 cm³/mol. The van der Waals surface area contributed by atoms with Crippen molar-refractivity contribution in [2.75, 3.05) is 13.2 Å². The summed E-state index contributed by atoms with van der Waals surface area (Å²) in [6, 6.07) is 4.01. The van der Waals surface area contributed by atoms with Gasteiger partial charge in [-0.1, -0.05) is 0 Å². The minimum absolute atomic E-state index is 0.00139. The second kappa shape index (κ2) is 21.8. The first-order chi connectivity index (χ1) is 25.5. The smallest absolute Gasteiger partial charge is 0.417 e. The molecule has 56 heavy (non-hydrogen) atoms. The molecule has 2 atom stereocenters. The first kappa shape index (κ1) is 50.5. The summed E-state index contributed by atoms with van der Waals surface area (Å²) in [7, 11) is 0. The Morgan fingerprint density at radius 1 is 0.857 bits per heavy atom. The summed E-state index contributed by atoms with van der Waals surface area (Å²) in [5, 5.41) is 2.50. The molecule has 2 aromatic rings. The molecule has 2 aromatic carbocycles. The van der Waals surface area contributed by atoms with Crippen molar-refractivity contribution < 1.29 is 68.5 Å². The number of nitrogens with one attached hydrogen (secondary N) is 1. The Labute approximate surface area is 335 Å². The molecule has 0 aliphatic carbocycles. The van der Waals surface area contributed by atoms with Gasteiger partial charge in [0.1, 0.15) is 22.8 Å². The number of benzene rings is 2. The van der Waals surface area contributed by atoms with Gasteiger partial charge in [0.05, 0.1) is 11.1 Å². The van der Waals surface area contributed by atoms with E-state index in [1.165, 1.54) is 40.3 Å². The van der Waals surface area contributed by atoms with Crippen molar-refractivity contribution in [3.63, 3.8) is 0 Å². The van der Waals surface area contributed by atoms with Crippen LogP contribution in [0.1, 0.15) is 115 Å². The molecule has 9 nitrogen and oxygen atoms in total. The number of imide groups is 1. The molecule has 0 spiro atoms. The van der Waals surface area contributed by atoms with Crippen LogP contribution in [0.4, 0.5) is 44.7 Å². The summed E-state index contributed by atoms with van der Waals surface area (Å²) in [4.78, 5) is 47.8. The second-order valence-corrected chi connectivity index (χ2v) is 15.9. The van der Waals surface area contributed by atoms with Gasteiger partial charge in [0.25, 0.3) is 0 Å². The van der Waals surface area contributed by atoms with Crippen LogP contribution in [0, 0.1) is 15.2 Å². The lowest BCUT2D eigenvalue weighted by Gasteiger charge is -2.25. The number of carbonyl (C=O) groups is 4. The Morgan fingerprint density at radius 2 is 1.36 bits per heavy atom. The van der Waals surface area contributed by atoms with Crippen LogP contribution in [-0.2, 0) is 31.4 Å². The topological polar surface area (TPSA) is 111 Å². The van der Waals surface area contributed by atoms with E-state index in [0.717, 1.165) is 43.9 Å². The average Bonchev–Trinajstić information content (AvgIpc) is 3.72. The number of rotatable bonds is 5. The van der Waals surface area contributed by atoms with E-state index in [4.69, 9.17) is 14.2 Å². The number of hydrogen-bond donors (Lipinski definition) is 1. The Balaban J connectivity index is 0.000000423. The van der Waals surface area contributed by atoms with Crippen LogP contribution in [0.2, 0.25) is 0 Å². The summed E-state index contributed by atoms with van der Waals surface area (Å²) < 4.78 is 116. The molecule has 0 aromatic heterocycles. The van der Waals surface area contributed by atoms with Gasteiger partial charge in [-0.3, -0.25) is 9.59 Å². The van der Waals surface area contributed by atoms with Gasteiger partial charge < -0.3 is 19.5 Å².